The largest absolute Gasteiger partial charge is 0.429 e. The molecule has 3 rings (SSSR count). The van der Waals surface area contributed by atoms with E-state index in [2.05, 4.69) is 43.1 Å². The molecule has 5 nitrogen and oxygen atoms in total. The van der Waals surface area contributed by atoms with Gasteiger partial charge in [-0.2, -0.15) is 0 Å². The third kappa shape index (κ3) is 5.58. The monoisotopic (exact) mass is 426 g/mol. The topological polar surface area (TPSA) is 77.3 Å². The summed E-state index contributed by atoms with van der Waals surface area (Å²) in [6.07, 6.45) is 6.73. The molecule has 1 aromatic carbocycles. The number of nitrogens with one attached hydrogen (secondary N) is 1. The minimum absolute atomic E-state index is 0.171. The molecule has 5 heteroatoms. The molecule has 170 valence electrons. The highest BCUT2D eigenvalue weighted by atomic mass is 16.5. The third-order valence-corrected chi connectivity index (χ3v) is 6.69. The molecule has 0 fully saturated rings. The maximum Gasteiger partial charge on any atom is 0.318 e. The zero-order valence-corrected chi connectivity index (χ0v) is 19.6. The summed E-state index contributed by atoms with van der Waals surface area (Å²) in [5, 5.41) is 1.22. The van der Waals surface area contributed by atoms with Crippen LogP contribution in [0.4, 0.5) is 0 Å². The van der Waals surface area contributed by atoms with Gasteiger partial charge >= 0.3 is 5.97 Å². The van der Waals surface area contributed by atoms with Crippen molar-refractivity contribution in [2.45, 2.75) is 58.9 Å². The average molecular weight is 427 g/mol. The SMILES string of the molecule is COCCCC(c1ccc2cc[nH]c2c1)[C@@H](C[C@H](N)C1=CC(C(C)C)C(=O)O1)C(C)C. The van der Waals surface area contributed by atoms with Crippen LogP contribution in [0.25, 0.3) is 10.9 Å². The fraction of sp³-hybridized carbons (Fsp3) is 0.577. The molecule has 0 saturated carbocycles. The van der Waals surface area contributed by atoms with Crippen LogP contribution >= 0.6 is 0 Å². The molecule has 1 aliphatic heterocycles. The Kier molecular flexibility index (Phi) is 7.95. The summed E-state index contributed by atoms with van der Waals surface area (Å²) in [5.41, 5.74) is 9.10. The van der Waals surface area contributed by atoms with Crippen molar-refractivity contribution in [1.29, 1.82) is 0 Å². The molecule has 2 unspecified atom stereocenters. The molecule has 2 aromatic rings. The van der Waals surface area contributed by atoms with Crippen molar-refractivity contribution in [3.8, 4) is 0 Å². The molecular formula is C26H38N2O3. The molecule has 0 radical (unpaired) electrons. The first kappa shape index (κ1) is 23.6. The van der Waals surface area contributed by atoms with Crippen molar-refractivity contribution in [1.82, 2.24) is 4.98 Å². The summed E-state index contributed by atoms with van der Waals surface area (Å²) in [7, 11) is 1.75. The van der Waals surface area contributed by atoms with Gasteiger partial charge < -0.3 is 20.2 Å². The molecule has 0 spiro atoms. The highest BCUT2D eigenvalue weighted by Gasteiger charge is 2.35. The van der Waals surface area contributed by atoms with Crippen LogP contribution < -0.4 is 5.73 Å². The second-order valence-corrected chi connectivity index (χ2v) is 9.58. The van der Waals surface area contributed by atoms with Crippen molar-refractivity contribution in [2.75, 3.05) is 13.7 Å². The van der Waals surface area contributed by atoms with Gasteiger partial charge in [-0.3, -0.25) is 4.79 Å². The lowest BCUT2D eigenvalue weighted by Gasteiger charge is -2.33. The Morgan fingerprint density at radius 3 is 2.61 bits per heavy atom. The van der Waals surface area contributed by atoms with Crippen molar-refractivity contribution in [3.63, 3.8) is 0 Å². The first-order chi connectivity index (χ1) is 14.8. The van der Waals surface area contributed by atoms with Crippen LogP contribution in [0.5, 0.6) is 0 Å². The van der Waals surface area contributed by atoms with Gasteiger partial charge in [-0.1, -0.05) is 39.8 Å². The van der Waals surface area contributed by atoms with E-state index in [1.54, 1.807) is 7.11 Å². The Morgan fingerprint density at radius 1 is 1.19 bits per heavy atom. The summed E-state index contributed by atoms with van der Waals surface area (Å²) >= 11 is 0. The molecule has 2 heterocycles. The number of hydrogen-bond acceptors (Lipinski definition) is 4. The van der Waals surface area contributed by atoms with E-state index >= 15 is 0 Å². The van der Waals surface area contributed by atoms with Gasteiger partial charge in [-0.05, 0) is 72.1 Å². The number of carbonyl (C=O) groups is 1. The van der Waals surface area contributed by atoms with Crippen LogP contribution in [-0.2, 0) is 14.3 Å². The van der Waals surface area contributed by atoms with E-state index < -0.39 is 0 Å². The molecule has 31 heavy (non-hydrogen) atoms. The Hall–Kier alpha value is -2.11. The second kappa shape index (κ2) is 10.5. The van der Waals surface area contributed by atoms with Crippen molar-refractivity contribution in [3.05, 3.63) is 47.9 Å². The quantitative estimate of drug-likeness (QED) is 0.373. The van der Waals surface area contributed by atoms with Crippen LogP contribution in [0.15, 0.2) is 42.3 Å². The Labute approximate surface area is 186 Å². The van der Waals surface area contributed by atoms with Gasteiger partial charge in [0.05, 0.1) is 12.0 Å². The third-order valence-electron chi connectivity index (χ3n) is 6.69. The summed E-state index contributed by atoms with van der Waals surface area (Å²) in [6.45, 7) is 9.35. The molecule has 0 saturated heterocycles. The lowest BCUT2D eigenvalue weighted by Crippen LogP contribution is -2.31. The summed E-state index contributed by atoms with van der Waals surface area (Å²) in [6, 6.07) is 8.53. The van der Waals surface area contributed by atoms with Crippen LogP contribution in [0, 0.1) is 23.7 Å². The number of methoxy groups -OCH3 is 1. The fourth-order valence-electron chi connectivity index (χ4n) is 4.81. The smallest absolute Gasteiger partial charge is 0.318 e. The summed E-state index contributed by atoms with van der Waals surface area (Å²) in [5.74, 6) is 1.65. The Morgan fingerprint density at radius 2 is 1.97 bits per heavy atom. The van der Waals surface area contributed by atoms with Gasteiger partial charge in [0, 0.05) is 25.4 Å². The number of rotatable bonds is 11. The van der Waals surface area contributed by atoms with E-state index in [9.17, 15) is 4.79 Å². The van der Waals surface area contributed by atoms with E-state index in [0.29, 0.717) is 23.5 Å². The van der Waals surface area contributed by atoms with Gasteiger partial charge in [-0.25, -0.2) is 0 Å². The maximum atomic E-state index is 12.2. The zero-order chi connectivity index (χ0) is 22.5. The highest BCUT2D eigenvalue weighted by Crippen LogP contribution is 2.39. The molecule has 0 bridgehead atoms. The molecule has 0 amide bonds. The van der Waals surface area contributed by atoms with E-state index in [1.165, 1.54) is 10.9 Å². The molecule has 1 aromatic heterocycles. The minimum atomic E-state index is -0.278. The van der Waals surface area contributed by atoms with Gasteiger partial charge in [0.25, 0.3) is 0 Å². The average Bonchev–Trinajstić information content (AvgIpc) is 3.35. The number of hydrogen-bond donors (Lipinski definition) is 2. The first-order valence-electron chi connectivity index (χ1n) is 11.6. The molecular weight excluding hydrogens is 388 g/mol. The lowest BCUT2D eigenvalue weighted by atomic mass is 9.73. The molecule has 4 atom stereocenters. The van der Waals surface area contributed by atoms with E-state index in [4.69, 9.17) is 15.2 Å². The van der Waals surface area contributed by atoms with E-state index in [-0.39, 0.29) is 23.8 Å². The fourth-order valence-corrected chi connectivity index (χ4v) is 4.81. The number of cyclic esters (lactones) is 1. The van der Waals surface area contributed by atoms with Gasteiger partial charge in [0.15, 0.2) is 0 Å². The van der Waals surface area contributed by atoms with Gasteiger partial charge in [0.2, 0.25) is 0 Å². The van der Waals surface area contributed by atoms with E-state index in [1.807, 2.05) is 26.1 Å². The number of aromatic nitrogens is 1. The standard InChI is InChI=1S/C26H38N2O3/c1-16(2)21(14-23(27)25-15-22(17(3)4)26(29)31-25)20(7-6-12-30-5)19-9-8-18-10-11-28-24(18)13-19/h8-11,13,15-17,20-23,28H,6-7,12,14,27H2,1-5H3/t20?,21-,22?,23-/m0/s1. The van der Waals surface area contributed by atoms with E-state index in [0.717, 1.165) is 31.4 Å². The number of fused-ring (bicyclic) bond motifs is 1. The van der Waals surface area contributed by atoms with Gasteiger partial charge in [0.1, 0.15) is 5.76 Å². The first-order valence-corrected chi connectivity index (χ1v) is 11.6. The lowest BCUT2D eigenvalue weighted by molar-refractivity contribution is -0.141. The maximum absolute atomic E-state index is 12.2. The van der Waals surface area contributed by atoms with Crippen molar-refractivity contribution in [2.24, 2.45) is 29.4 Å². The number of esters is 1. The van der Waals surface area contributed by atoms with Crippen molar-refractivity contribution < 1.29 is 14.3 Å². The van der Waals surface area contributed by atoms with Crippen molar-refractivity contribution >= 4 is 16.9 Å². The number of benzene rings is 1. The Bertz CT molecular complexity index is 899. The zero-order valence-electron chi connectivity index (χ0n) is 19.6. The number of aromatic amines is 1. The molecule has 3 N–H and O–H groups in total. The molecule has 1 aliphatic rings. The minimum Gasteiger partial charge on any atom is -0.429 e. The number of carbonyl (C=O) groups excluding carboxylic acids is 1. The molecule has 0 aliphatic carbocycles. The number of nitrogens with two attached hydrogens (primary N) is 1. The Balaban J connectivity index is 1.84. The number of ether oxygens (including phenoxy) is 2. The highest BCUT2D eigenvalue weighted by molar-refractivity contribution is 5.80. The summed E-state index contributed by atoms with van der Waals surface area (Å²) in [4.78, 5) is 15.6. The van der Waals surface area contributed by atoms with Gasteiger partial charge in [-0.15, -0.1) is 0 Å². The van der Waals surface area contributed by atoms with Crippen LogP contribution in [0.3, 0.4) is 0 Å². The summed E-state index contributed by atoms with van der Waals surface area (Å²) < 4.78 is 10.9. The predicted molar refractivity (Wildman–Crippen MR) is 126 cm³/mol. The van der Waals surface area contributed by atoms with Crippen LogP contribution in [0.2, 0.25) is 0 Å². The van der Waals surface area contributed by atoms with Crippen LogP contribution in [0.1, 0.15) is 58.4 Å². The van der Waals surface area contributed by atoms with Crippen LogP contribution in [-0.4, -0.2) is 30.7 Å². The number of H-pyrrole nitrogens is 1. The normalized spacial score (nSPS) is 19.7. The predicted octanol–water partition coefficient (Wildman–Crippen LogP) is 5.38. The second-order valence-electron chi connectivity index (χ2n) is 9.58.